The number of nitrogens with zero attached hydrogens (tertiary/aromatic N) is 3. The summed E-state index contributed by atoms with van der Waals surface area (Å²) < 4.78 is 4.25. The first-order valence-electron chi connectivity index (χ1n) is 7.13. The average Bonchev–Trinajstić information content (AvgIpc) is 3.17. The number of aromatic amines is 1. The third kappa shape index (κ3) is 3.65. The van der Waals surface area contributed by atoms with Crippen LogP contribution in [0.4, 0.5) is 11.4 Å². The van der Waals surface area contributed by atoms with Gasteiger partial charge in [0.05, 0.1) is 18.6 Å². The van der Waals surface area contributed by atoms with E-state index in [0.717, 1.165) is 37.3 Å². The summed E-state index contributed by atoms with van der Waals surface area (Å²) in [5.74, 6) is 0. The molecule has 1 N–H and O–H groups in total. The normalized spacial score (nSPS) is 12.4. The number of fused-ring (bicyclic) bond motifs is 1. The molecule has 1 aromatic heterocycles. The Kier molecular flexibility index (Phi) is 5.55. The standard InChI is InChI=1S/C14H16N4O.C2H6O/c1-17(10-19)13-3-2-11-4-5-18(14(11)6-13)8-12-7-15-9-16-12;1-3-2/h2-3,6-7,9-10H,4-5,8H2,1H3,(H,15,16);1-2H3. The van der Waals surface area contributed by atoms with Crippen LogP contribution < -0.4 is 9.80 Å². The lowest BCUT2D eigenvalue weighted by atomic mass is 10.1. The molecule has 0 saturated heterocycles. The first kappa shape index (κ1) is 16.0. The monoisotopic (exact) mass is 302 g/mol. The molecule has 0 radical (unpaired) electrons. The number of rotatable bonds is 4. The van der Waals surface area contributed by atoms with Crippen molar-refractivity contribution in [2.75, 3.05) is 37.6 Å². The molecule has 0 bridgehead atoms. The van der Waals surface area contributed by atoms with Crippen LogP contribution in [0.15, 0.2) is 30.7 Å². The van der Waals surface area contributed by atoms with Gasteiger partial charge >= 0.3 is 0 Å². The van der Waals surface area contributed by atoms with Crippen LogP contribution in [-0.4, -0.2) is 44.2 Å². The second kappa shape index (κ2) is 7.61. The molecule has 22 heavy (non-hydrogen) atoms. The highest BCUT2D eigenvalue weighted by Crippen LogP contribution is 2.32. The number of imidazole rings is 1. The van der Waals surface area contributed by atoms with Crippen molar-refractivity contribution in [2.24, 2.45) is 0 Å². The van der Waals surface area contributed by atoms with Crippen LogP contribution >= 0.6 is 0 Å². The van der Waals surface area contributed by atoms with E-state index in [1.807, 2.05) is 12.3 Å². The molecule has 3 rings (SSSR count). The van der Waals surface area contributed by atoms with E-state index < -0.39 is 0 Å². The zero-order chi connectivity index (χ0) is 15.9. The molecule has 2 aromatic rings. The minimum Gasteiger partial charge on any atom is -0.388 e. The molecule has 118 valence electrons. The van der Waals surface area contributed by atoms with E-state index >= 15 is 0 Å². The first-order valence-corrected chi connectivity index (χ1v) is 7.13. The Morgan fingerprint density at radius 1 is 1.45 bits per heavy atom. The maximum Gasteiger partial charge on any atom is 0.213 e. The Morgan fingerprint density at radius 3 is 2.86 bits per heavy atom. The zero-order valence-electron chi connectivity index (χ0n) is 13.2. The molecule has 0 unspecified atom stereocenters. The van der Waals surface area contributed by atoms with E-state index in [9.17, 15) is 4.79 Å². The van der Waals surface area contributed by atoms with Crippen LogP contribution in [-0.2, 0) is 22.5 Å². The van der Waals surface area contributed by atoms with E-state index in [-0.39, 0.29) is 0 Å². The van der Waals surface area contributed by atoms with Gasteiger partial charge in [0, 0.05) is 45.4 Å². The summed E-state index contributed by atoms with van der Waals surface area (Å²) in [6.07, 6.45) is 5.42. The lowest BCUT2D eigenvalue weighted by Gasteiger charge is -2.20. The molecular weight excluding hydrogens is 280 g/mol. The molecule has 0 spiro atoms. The van der Waals surface area contributed by atoms with E-state index in [4.69, 9.17) is 0 Å². The second-order valence-electron chi connectivity index (χ2n) is 5.19. The first-order chi connectivity index (χ1) is 10.7. The fraction of sp³-hybridized carbons (Fsp3) is 0.375. The number of amides is 1. The number of ether oxygens (including phenoxy) is 1. The lowest BCUT2D eigenvalue weighted by molar-refractivity contribution is -0.107. The summed E-state index contributed by atoms with van der Waals surface area (Å²) in [5.41, 5.74) is 4.57. The van der Waals surface area contributed by atoms with Gasteiger partial charge in [-0.05, 0) is 24.1 Å². The van der Waals surface area contributed by atoms with Gasteiger partial charge in [0.25, 0.3) is 0 Å². The zero-order valence-corrected chi connectivity index (χ0v) is 13.2. The summed E-state index contributed by atoms with van der Waals surface area (Å²) in [6, 6.07) is 6.18. The largest absolute Gasteiger partial charge is 0.388 e. The minimum atomic E-state index is 0.821. The van der Waals surface area contributed by atoms with Crippen molar-refractivity contribution in [3.05, 3.63) is 42.0 Å². The van der Waals surface area contributed by atoms with Gasteiger partial charge < -0.3 is 19.5 Å². The number of nitrogens with one attached hydrogen (secondary N) is 1. The van der Waals surface area contributed by atoms with Crippen LogP contribution in [0.3, 0.4) is 0 Å². The number of carbonyl (C=O) groups excluding carboxylic acids is 1. The van der Waals surface area contributed by atoms with Gasteiger partial charge in [-0.15, -0.1) is 0 Å². The summed E-state index contributed by atoms with van der Waals surface area (Å²) in [5, 5.41) is 0. The van der Waals surface area contributed by atoms with Gasteiger partial charge in [-0.1, -0.05) is 6.07 Å². The third-order valence-electron chi connectivity index (χ3n) is 3.54. The number of aromatic nitrogens is 2. The third-order valence-corrected chi connectivity index (χ3v) is 3.54. The predicted molar refractivity (Wildman–Crippen MR) is 87.2 cm³/mol. The number of hydrogen-bond donors (Lipinski definition) is 1. The molecule has 1 aliphatic heterocycles. The highest BCUT2D eigenvalue weighted by molar-refractivity contribution is 5.77. The highest BCUT2D eigenvalue weighted by Gasteiger charge is 2.20. The molecular formula is C16H22N4O2. The molecule has 1 aromatic carbocycles. The van der Waals surface area contributed by atoms with Crippen molar-refractivity contribution in [2.45, 2.75) is 13.0 Å². The maximum atomic E-state index is 10.8. The lowest BCUT2D eigenvalue weighted by Crippen LogP contribution is -2.20. The number of hydrogen-bond acceptors (Lipinski definition) is 4. The Labute approximate surface area is 130 Å². The molecule has 0 atom stereocenters. The summed E-state index contributed by atoms with van der Waals surface area (Å²) in [7, 11) is 5.02. The number of anilines is 2. The van der Waals surface area contributed by atoms with Crippen LogP contribution in [0.2, 0.25) is 0 Å². The summed E-state index contributed by atoms with van der Waals surface area (Å²) >= 11 is 0. The number of carbonyl (C=O) groups is 1. The van der Waals surface area contributed by atoms with Gasteiger partial charge in [-0.25, -0.2) is 4.98 Å². The van der Waals surface area contributed by atoms with Crippen molar-refractivity contribution in [1.82, 2.24) is 9.97 Å². The van der Waals surface area contributed by atoms with Crippen molar-refractivity contribution in [1.29, 1.82) is 0 Å². The Morgan fingerprint density at radius 2 is 2.23 bits per heavy atom. The van der Waals surface area contributed by atoms with Crippen molar-refractivity contribution in [3.8, 4) is 0 Å². The summed E-state index contributed by atoms with van der Waals surface area (Å²) in [4.78, 5) is 21.9. The van der Waals surface area contributed by atoms with E-state index in [1.54, 1.807) is 32.5 Å². The maximum absolute atomic E-state index is 10.8. The van der Waals surface area contributed by atoms with E-state index in [0.29, 0.717) is 0 Å². The topological polar surface area (TPSA) is 61.5 Å². The van der Waals surface area contributed by atoms with Crippen LogP contribution in [0.5, 0.6) is 0 Å². The fourth-order valence-corrected chi connectivity index (χ4v) is 2.46. The molecule has 1 aliphatic rings. The number of H-pyrrole nitrogens is 1. The van der Waals surface area contributed by atoms with Crippen molar-refractivity contribution >= 4 is 17.8 Å². The van der Waals surface area contributed by atoms with Crippen molar-refractivity contribution in [3.63, 3.8) is 0 Å². The molecule has 0 saturated carbocycles. The number of methoxy groups -OCH3 is 1. The molecule has 2 heterocycles. The van der Waals surface area contributed by atoms with E-state index in [1.165, 1.54) is 11.3 Å². The van der Waals surface area contributed by atoms with Gasteiger partial charge in [0.15, 0.2) is 0 Å². The second-order valence-corrected chi connectivity index (χ2v) is 5.19. The fourth-order valence-electron chi connectivity index (χ4n) is 2.46. The highest BCUT2D eigenvalue weighted by atomic mass is 16.4. The Bertz CT molecular complexity index is 598. The van der Waals surface area contributed by atoms with Gasteiger partial charge in [0.2, 0.25) is 6.41 Å². The minimum absolute atomic E-state index is 0.821. The Balaban J connectivity index is 0.000000545. The van der Waals surface area contributed by atoms with Crippen LogP contribution in [0.1, 0.15) is 11.3 Å². The Hall–Kier alpha value is -2.34. The average molecular weight is 302 g/mol. The van der Waals surface area contributed by atoms with Crippen LogP contribution in [0, 0.1) is 0 Å². The molecule has 6 nitrogen and oxygen atoms in total. The smallest absolute Gasteiger partial charge is 0.213 e. The molecule has 1 amide bonds. The molecule has 0 aliphatic carbocycles. The summed E-state index contributed by atoms with van der Waals surface area (Å²) in [6.45, 7) is 1.82. The van der Waals surface area contributed by atoms with Gasteiger partial charge in [-0.3, -0.25) is 4.79 Å². The predicted octanol–water partition coefficient (Wildman–Crippen LogP) is 1.83. The van der Waals surface area contributed by atoms with Crippen molar-refractivity contribution < 1.29 is 9.53 Å². The molecule has 6 heteroatoms. The van der Waals surface area contributed by atoms with E-state index in [2.05, 4.69) is 31.7 Å². The van der Waals surface area contributed by atoms with Gasteiger partial charge in [-0.2, -0.15) is 0 Å². The molecule has 0 fully saturated rings. The van der Waals surface area contributed by atoms with Gasteiger partial charge in [0.1, 0.15) is 0 Å². The number of benzene rings is 1. The van der Waals surface area contributed by atoms with Crippen LogP contribution in [0.25, 0.3) is 0 Å². The SMILES string of the molecule is CN(C=O)c1ccc2c(c1)N(Cc1cnc[nH]1)CC2.COC. The quantitative estimate of drug-likeness (QED) is 0.875.